The van der Waals surface area contributed by atoms with Gasteiger partial charge in [0.25, 0.3) is 0 Å². The number of benzene rings is 1. The molecule has 0 amide bonds. The summed E-state index contributed by atoms with van der Waals surface area (Å²) in [6, 6.07) is 1.57. The van der Waals surface area contributed by atoms with Gasteiger partial charge in [0.2, 0.25) is 0 Å². The molecule has 0 aliphatic rings. The first kappa shape index (κ1) is 11.6. The Hall–Kier alpha value is -1.43. The van der Waals surface area contributed by atoms with Crippen molar-refractivity contribution < 1.29 is 23.1 Å². The fourth-order valence-electron chi connectivity index (χ4n) is 1.11. The number of nitrogen functional groups attached to an aromatic ring is 1. The maximum atomic E-state index is 12.4. The van der Waals surface area contributed by atoms with E-state index >= 15 is 0 Å². The van der Waals surface area contributed by atoms with Crippen LogP contribution >= 0.6 is 11.6 Å². The van der Waals surface area contributed by atoms with Gasteiger partial charge in [0.05, 0.1) is 11.1 Å². The molecular formula is C8H5ClF3NO2. The molecule has 82 valence electrons. The molecule has 1 aromatic carbocycles. The molecule has 0 heterocycles. The minimum atomic E-state index is -4.82. The highest BCUT2D eigenvalue weighted by Gasteiger charge is 2.37. The van der Waals surface area contributed by atoms with Crippen LogP contribution in [0.4, 0.5) is 18.9 Å². The Morgan fingerprint density at radius 2 is 1.93 bits per heavy atom. The van der Waals surface area contributed by atoms with Crippen molar-refractivity contribution in [2.24, 2.45) is 0 Å². The molecule has 7 heteroatoms. The van der Waals surface area contributed by atoms with Crippen LogP contribution in [0, 0.1) is 0 Å². The highest BCUT2D eigenvalue weighted by molar-refractivity contribution is 6.31. The van der Waals surface area contributed by atoms with Crippen molar-refractivity contribution in [2.75, 3.05) is 5.73 Å². The Bertz CT molecular complexity index is 417. The average Bonchev–Trinajstić information content (AvgIpc) is 1.99. The van der Waals surface area contributed by atoms with Gasteiger partial charge in [-0.15, -0.1) is 0 Å². The van der Waals surface area contributed by atoms with E-state index in [0.717, 1.165) is 6.07 Å². The fourth-order valence-corrected chi connectivity index (χ4v) is 1.34. The van der Waals surface area contributed by atoms with Gasteiger partial charge < -0.3 is 10.8 Å². The summed E-state index contributed by atoms with van der Waals surface area (Å²) in [5.41, 5.74) is 2.05. The lowest BCUT2D eigenvalue weighted by molar-refractivity contribution is -0.137. The van der Waals surface area contributed by atoms with E-state index in [2.05, 4.69) is 0 Å². The lowest BCUT2D eigenvalue weighted by Crippen LogP contribution is -2.15. The molecule has 0 spiro atoms. The van der Waals surface area contributed by atoms with E-state index < -0.39 is 29.0 Å². The lowest BCUT2D eigenvalue weighted by atomic mass is 10.1. The number of nitrogens with two attached hydrogens (primary N) is 1. The van der Waals surface area contributed by atoms with Crippen LogP contribution in [0.5, 0.6) is 0 Å². The number of hydrogen-bond donors (Lipinski definition) is 2. The van der Waals surface area contributed by atoms with Crippen LogP contribution in [-0.2, 0) is 6.18 Å². The van der Waals surface area contributed by atoms with E-state index in [1.54, 1.807) is 0 Å². The van der Waals surface area contributed by atoms with Crippen LogP contribution < -0.4 is 5.73 Å². The van der Waals surface area contributed by atoms with E-state index in [1.807, 2.05) is 0 Å². The number of carboxylic acid groups (broad SMARTS) is 1. The Kier molecular flexibility index (Phi) is 2.81. The Labute approximate surface area is 87.3 Å². The quantitative estimate of drug-likeness (QED) is 0.741. The number of alkyl halides is 3. The first-order chi connectivity index (χ1) is 6.73. The largest absolute Gasteiger partial charge is 0.478 e. The van der Waals surface area contributed by atoms with Crippen LogP contribution in [-0.4, -0.2) is 11.1 Å². The third kappa shape index (κ3) is 2.33. The Morgan fingerprint density at radius 1 is 1.40 bits per heavy atom. The van der Waals surface area contributed by atoms with Crippen molar-refractivity contribution in [3.8, 4) is 0 Å². The standard InChI is InChI=1S/C8H5ClF3NO2/c9-3-1-4(7(14)15)6(5(13)2-3)8(10,11)12/h1-2H,13H2,(H,14,15). The maximum absolute atomic E-state index is 12.4. The molecule has 0 saturated carbocycles. The molecule has 0 aliphatic carbocycles. The summed E-state index contributed by atoms with van der Waals surface area (Å²) < 4.78 is 37.2. The van der Waals surface area contributed by atoms with Crippen molar-refractivity contribution in [1.29, 1.82) is 0 Å². The van der Waals surface area contributed by atoms with Crippen LogP contribution in [0.3, 0.4) is 0 Å². The van der Waals surface area contributed by atoms with E-state index in [0.29, 0.717) is 6.07 Å². The Morgan fingerprint density at radius 3 is 2.33 bits per heavy atom. The van der Waals surface area contributed by atoms with Crippen molar-refractivity contribution >= 4 is 23.3 Å². The number of hydrogen-bond acceptors (Lipinski definition) is 2. The molecule has 3 nitrogen and oxygen atoms in total. The normalized spacial score (nSPS) is 11.5. The smallest absolute Gasteiger partial charge is 0.419 e. The molecule has 0 aromatic heterocycles. The number of rotatable bonds is 1. The van der Waals surface area contributed by atoms with Crippen LogP contribution in [0.25, 0.3) is 0 Å². The van der Waals surface area contributed by atoms with Gasteiger partial charge in [-0.1, -0.05) is 11.6 Å². The summed E-state index contributed by atoms with van der Waals surface area (Å²) in [6.07, 6.45) is -4.82. The van der Waals surface area contributed by atoms with Crippen molar-refractivity contribution in [1.82, 2.24) is 0 Å². The zero-order valence-corrected chi connectivity index (χ0v) is 7.86. The minimum Gasteiger partial charge on any atom is -0.478 e. The van der Waals surface area contributed by atoms with E-state index in [4.69, 9.17) is 22.4 Å². The second-order valence-corrected chi connectivity index (χ2v) is 3.16. The van der Waals surface area contributed by atoms with Crippen LogP contribution in [0.1, 0.15) is 15.9 Å². The number of anilines is 1. The monoisotopic (exact) mass is 239 g/mol. The fraction of sp³-hybridized carbons (Fsp3) is 0.125. The maximum Gasteiger partial charge on any atom is 0.419 e. The molecule has 0 saturated heterocycles. The summed E-state index contributed by atoms with van der Waals surface area (Å²) in [6.45, 7) is 0. The number of halogens is 4. The molecule has 0 fully saturated rings. The molecule has 1 rings (SSSR count). The van der Waals surface area contributed by atoms with Crippen LogP contribution in [0.2, 0.25) is 5.02 Å². The predicted octanol–water partition coefficient (Wildman–Crippen LogP) is 2.64. The summed E-state index contributed by atoms with van der Waals surface area (Å²) in [4.78, 5) is 10.6. The number of carbonyl (C=O) groups is 1. The zero-order valence-electron chi connectivity index (χ0n) is 7.10. The van der Waals surface area contributed by atoms with Gasteiger partial charge in [-0.05, 0) is 12.1 Å². The van der Waals surface area contributed by atoms with Gasteiger partial charge in [0.1, 0.15) is 0 Å². The first-order valence-electron chi connectivity index (χ1n) is 3.63. The molecule has 0 aliphatic heterocycles. The molecule has 0 radical (unpaired) electrons. The van der Waals surface area contributed by atoms with Gasteiger partial charge >= 0.3 is 12.1 Å². The Balaban J connectivity index is 3.55. The van der Waals surface area contributed by atoms with Crippen molar-refractivity contribution in [3.63, 3.8) is 0 Å². The minimum absolute atomic E-state index is 0.155. The molecule has 0 bridgehead atoms. The molecular weight excluding hydrogens is 235 g/mol. The highest BCUT2D eigenvalue weighted by Crippen LogP contribution is 2.37. The summed E-state index contributed by atoms with van der Waals surface area (Å²) >= 11 is 5.41. The second kappa shape index (κ2) is 3.62. The van der Waals surface area contributed by atoms with Crippen LogP contribution in [0.15, 0.2) is 12.1 Å². The van der Waals surface area contributed by atoms with Gasteiger partial charge in [0.15, 0.2) is 0 Å². The van der Waals surface area contributed by atoms with Gasteiger partial charge in [-0.25, -0.2) is 4.79 Å². The molecule has 0 atom stereocenters. The summed E-state index contributed by atoms with van der Waals surface area (Å²) in [7, 11) is 0. The summed E-state index contributed by atoms with van der Waals surface area (Å²) in [5.74, 6) is -1.73. The number of carboxylic acids is 1. The topological polar surface area (TPSA) is 63.3 Å². The SMILES string of the molecule is Nc1cc(Cl)cc(C(=O)O)c1C(F)(F)F. The summed E-state index contributed by atoms with van der Waals surface area (Å²) in [5, 5.41) is 8.41. The van der Waals surface area contributed by atoms with E-state index in [9.17, 15) is 18.0 Å². The highest BCUT2D eigenvalue weighted by atomic mass is 35.5. The number of aromatic carboxylic acids is 1. The van der Waals surface area contributed by atoms with E-state index in [-0.39, 0.29) is 5.02 Å². The third-order valence-corrected chi connectivity index (χ3v) is 1.87. The zero-order chi connectivity index (χ0) is 11.8. The van der Waals surface area contributed by atoms with Crippen molar-refractivity contribution in [3.05, 3.63) is 28.3 Å². The molecule has 1 aromatic rings. The lowest BCUT2D eigenvalue weighted by Gasteiger charge is -2.13. The predicted molar refractivity (Wildman–Crippen MR) is 47.8 cm³/mol. The second-order valence-electron chi connectivity index (χ2n) is 2.72. The van der Waals surface area contributed by atoms with E-state index in [1.165, 1.54) is 0 Å². The first-order valence-corrected chi connectivity index (χ1v) is 4.01. The molecule has 15 heavy (non-hydrogen) atoms. The third-order valence-electron chi connectivity index (χ3n) is 1.65. The molecule has 3 N–H and O–H groups in total. The molecule has 0 unspecified atom stereocenters. The van der Waals surface area contributed by atoms with Gasteiger partial charge in [-0.3, -0.25) is 0 Å². The van der Waals surface area contributed by atoms with Gasteiger partial charge in [0, 0.05) is 10.7 Å². The van der Waals surface area contributed by atoms with Crippen molar-refractivity contribution in [2.45, 2.75) is 6.18 Å². The van der Waals surface area contributed by atoms with Gasteiger partial charge in [-0.2, -0.15) is 13.2 Å². The average molecular weight is 240 g/mol.